The van der Waals surface area contributed by atoms with Crippen molar-refractivity contribution in [1.82, 2.24) is 4.98 Å². The number of nitrogens with two attached hydrogens (primary N) is 1. The number of hydrogen-bond donors (Lipinski definition) is 1. The summed E-state index contributed by atoms with van der Waals surface area (Å²) in [6, 6.07) is 19.5. The second-order valence-corrected chi connectivity index (χ2v) is 5.29. The smallest absolute Gasteiger partial charge is 0.268 e. The maximum absolute atomic E-state index is 11.6. The molecule has 3 rings (SSSR count). The lowest BCUT2D eigenvalue weighted by Gasteiger charge is -1.97. The predicted octanol–water partition coefficient (Wildman–Crippen LogP) is 3.58. The first-order valence-corrected chi connectivity index (χ1v) is 6.99. The van der Waals surface area contributed by atoms with E-state index in [1.165, 1.54) is 11.3 Å². The Morgan fingerprint density at radius 3 is 2.00 bits per heavy atom. The lowest BCUT2D eigenvalue weighted by molar-refractivity contribution is 0.0997. The van der Waals surface area contributed by atoms with Crippen molar-refractivity contribution in [3.8, 4) is 21.0 Å². The number of hydrogen-bond acceptors (Lipinski definition) is 3. The van der Waals surface area contributed by atoms with Crippen LogP contribution in [0.15, 0.2) is 60.7 Å². The summed E-state index contributed by atoms with van der Waals surface area (Å²) < 4.78 is 0. The summed E-state index contributed by atoms with van der Waals surface area (Å²) in [5.41, 5.74) is 7.73. The fourth-order valence-corrected chi connectivity index (χ4v) is 3.06. The van der Waals surface area contributed by atoms with E-state index in [1.807, 2.05) is 60.7 Å². The minimum atomic E-state index is -0.498. The molecule has 3 aromatic rings. The number of carbonyl (C=O) groups is 1. The quantitative estimate of drug-likeness (QED) is 0.797. The average molecular weight is 280 g/mol. The molecule has 0 saturated heterocycles. The van der Waals surface area contributed by atoms with Crippen LogP contribution in [0.25, 0.3) is 21.0 Å². The number of nitrogens with zero attached hydrogens (tertiary/aromatic N) is 1. The molecule has 0 spiro atoms. The van der Waals surface area contributed by atoms with E-state index >= 15 is 0 Å². The number of primary amides is 1. The maximum Gasteiger partial charge on any atom is 0.268 e. The Kier molecular flexibility index (Phi) is 3.31. The zero-order chi connectivity index (χ0) is 13.9. The molecule has 3 nitrogen and oxygen atoms in total. The summed E-state index contributed by atoms with van der Waals surface area (Å²) in [6.07, 6.45) is 0. The van der Waals surface area contributed by atoms with Crippen molar-refractivity contribution in [2.45, 2.75) is 0 Å². The molecular weight excluding hydrogens is 268 g/mol. The Morgan fingerprint density at radius 2 is 1.45 bits per heavy atom. The Bertz CT molecular complexity index is 736. The summed E-state index contributed by atoms with van der Waals surface area (Å²) in [6.45, 7) is 0. The summed E-state index contributed by atoms with van der Waals surface area (Å²) in [4.78, 5) is 16.8. The van der Waals surface area contributed by atoms with Crippen LogP contribution < -0.4 is 5.73 Å². The molecule has 2 N–H and O–H groups in total. The van der Waals surface area contributed by atoms with Gasteiger partial charge in [0.2, 0.25) is 0 Å². The first-order chi connectivity index (χ1) is 9.75. The molecule has 0 unspecified atom stereocenters. The third-order valence-corrected chi connectivity index (χ3v) is 4.07. The van der Waals surface area contributed by atoms with Gasteiger partial charge in [-0.05, 0) is 5.56 Å². The minimum absolute atomic E-state index is 0.333. The van der Waals surface area contributed by atoms with E-state index in [9.17, 15) is 4.79 Å². The summed E-state index contributed by atoms with van der Waals surface area (Å²) in [7, 11) is 0. The Morgan fingerprint density at radius 1 is 0.900 bits per heavy atom. The molecule has 2 aromatic carbocycles. The highest BCUT2D eigenvalue weighted by Crippen LogP contribution is 2.35. The van der Waals surface area contributed by atoms with E-state index in [0.717, 1.165) is 21.0 Å². The molecule has 0 bridgehead atoms. The van der Waals surface area contributed by atoms with Crippen LogP contribution in [-0.2, 0) is 0 Å². The molecule has 1 amide bonds. The maximum atomic E-state index is 11.6. The summed E-state index contributed by atoms with van der Waals surface area (Å²) in [5.74, 6) is -0.498. The molecule has 0 aliphatic heterocycles. The van der Waals surface area contributed by atoms with E-state index < -0.39 is 5.91 Å². The van der Waals surface area contributed by atoms with Crippen LogP contribution in [0.5, 0.6) is 0 Å². The van der Waals surface area contributed by atoms with Crippen molar-refractivity contribution in [3.63, 3.8) is 0 Å². The van der Waals surface area contributed by atoms with Crippen molar-refractivity contribution >= 4 is 17.2 Å². The van der Waals surface area contributed by atoms with Gasteiger partial charge >= 0.3 is 0 Å². The van der Waals surface area contributed by atoms with Gasteiger partial charge in [0, 0.05) is 5.56 Å². The Balaban J connectivity index is 2.15. The van der Waals surface area contributed by atoms with E-state index in [2.05, 4.69) is 4.98 Å². The van der Waals surface area contributed by atoms with Gasteiger partial charge in [-0.15, -0.1) is 11.3 Å². The van der Waals surface area contributed by atoms with Crippen molar-refractivity contribution in [1.29, 1.82) is 0 Å². The third kappa shape index (κ3) is 2.33. The van der Waals surface area contributed by atoms with Gasteiger partial charge in [-0.25, -0.2) is 4.98 Å². The molecule has 1 aromatic heterocycles. The number of carbonyl (C=O) groups excluding carboxylic acids is 1. The van der Waals surface area contributed by atoms with Gasteiger partial charge in [0.15, 0.2) is 0 Å². The molecule has 0 aliphatic carbocycles. The van der Waals surface area contributed by atoms with Crippen molar-refractivity contribution < 1.29 is 4.79 Å². The van der Waals surface area contributed by atoms with Gasteiger partial charge in [0.1, 0.15) is 10.7 Å². The van der Waals surface area contributed by atoms with Crippen LogP contribution in [-0.4, -0.2) is 10.9 Å². The topological polar surface area (TPSA) is 56.0 Å². The zero-order valence-electron chi connectivity index (χ0n) is 10.6. The van der Waals surface area contributed by atoms with E-state index in [-0.39, 0.29) is 0 Å². The number of thiazole rings is 1. The number of aromatic nitrogens is 1. The first kappa shape index (κ1) is 12.6. The third-order valence-electron chi connectivity index (χ3n) is 2.92. The van der Waals surface area contributed by atoms with Crippen molar-refractivity contribution in [2.75, 3.05) is 0 Å². The fraction of sp³-hybridized carbons (Fsp3) is 0. The molecule has 98 valence electrons. The monoisotopic (exact) mass is 280 g/mol. The normalized spacial score (nSPS) is 10.4. The summed E-state index contributed by atoms with van der Waals surface area (Å²) >= 11 is 1.48. The van der Waals surface area contributed by atoms with Crippen LogP contribution in [0.2, 0.25) is 0 Å². The molecule has 0 radical (unpaired) electrons. The van der Waals surface area contributed by atoms with Crippen LogP contribution in [0.3, 0.4) is 0 Å². The van der Waals surface area contributed by atoms with Crippen molar-refractivity contribution in [3.05, 3.63) is 66.4 Å². The molecule has 0 atom stereocenters. The van der Waals surface area contributed by atoms with Gasteiger partial charge in [-0.1, -0.05) is 60.7 Å². The largest absolute Gasteiger partial charge is 0.364 e. The summed E-state index contributed by atoms with van der Waals surface area (Å²) in [5, 5.41) is 0.804. The van der Waals surface area contributed by atoms with E-state index in [0.29, 0.717) is 5.69 Å². The van der Waals surface area contributed by atoms with E-state index in [4.69, 9.17) is 5.73 Å². The lowest BCUT2D eigenvalue weighted by atomic mass is 10.1. The first-order valence-electron chi connectivity index (χ1n) is 6.17. The molecule has 20 heavy (non-hydrogen) atoms. The van der Waals surface area contributed by atoms with Crippen LogP contribution >= 0.6 is 11.3 Å². The second-order valence-electron chi connectivity index (χ2n) is 4.29. The fourth-order valence-electron chi connectivity index (χ4n) is 1.98. The van der Waals surface area contributed by atoms with Gasteiger partial charge < -0.3 is 5.73 Å². The molecule has 1 heterocycles. The van der Waals surface area contributed by atoms with E-state index in [1.54, 1.807) is 0 Å². The highest BCUT2D eigenvalue weighted by molar-refractivity contribution is 7.18. The van der Waals surface area contributed by atoms with Crippen LogP contribution in [0, 0.1) is 0 Å². The molecule has 0 aliphatic rings. The SMILES string of the molecule is NC(=O)c1nc(-c2ccccc2)sc1-c1ccccc1. The van der Waals surface area contributed by atoms with Gasteiger partial charge in [0.25, 0.3) is 5.91 Å². The van der Waals surface area contributed by atoms with Crippen LogP contribution in [0.1, 0.15) is 10.5 Å². The number of rotatable bonds is 3. The van der Waals surface area contributed by atoms with Gasteiger partial charge in [0.05, 0.1) is 4.88 Å². The molecule has 4 heteroatoms. The zero-order valence-corrected chi connectivity index (χ0v) is 11.4. The Hall–Kier alpha value is -2.46. The molecule has 0 saturated carbocycles. The molecular formula is C16H12N2OS. The van der Waals surface area contributed by atoms with Crippen LogP contribution in [0.4, 0.5) is 0 Å². The number of benzene rings is 2. The lowest BCUT2D eigenvalue weighted by Crippen LogP contribution is -2.12. The standard InChI is InChI=1S/C16H12N2OS/c17-15(19)13-14(11-7-3-1-4-8-11)20-16(18-13)12-9-5-2-6-10-12/h1-10H,(H2,17,19). The van der Waals surface area contributed by atoms with Gasteiger partial charge in [-0.3, -0.25) is 4.79 Å². The molecule has 0 fully saturated rings. The van der Waals surface area contributed by atoms with Gasteiger partial charge in [-0.2, -0.15) is 0 Å². The predicted molar refractivity (Wildman–Crippen MR) is 81.5 cm³/mol. The highest BCUT2D eigenvalue weighted by atomic mass is 32.1. The average Bonchev–Trinajstić information content (AvgIpc) is 2.94. The highest BCUT2D eigenvalue weighted by Gasteiger charge is 2.17. The Labute approximate surface area is 120 Å². The van der Waals surface area contributed by atoms with Crippen molar-refractivity contribution in [2.24, 2.45) is 5.73 Å². The number of amides is 1. The minimum Gasteiger partial charge on any atom is -0.364 e. The second kappa shape index (κ2) is 5.27.